The highest BCUT2D eigenvalue weighted by molar-refractivity contribution is 6.00. The molecule has 1 aliphatic rings. The predicted octanol–water partition coefficient (Wildman–Crippen LogP) is 6.53. The number of carbonyl (C=O) groups is 1. The number of fused-ring (bicyclic) bond motifs is 1. The largest absolute Gasteiger partial charge is 0.507 e. The normalized spacial score (nSPS) is 14.7. The van der Waals surface area contributed by atoms with Crippen molar-refractivity contribution in [2.45, 2.75) is 45.1 Å². The molecule has 4 aromatic rings. The van der Waals surface area contributed by atoms with Gasteiger partial charge in [0.05, 0.1) is 12.6 Å². The van der Waals surface area contributed by atoms with Crippen LogP contribution in [0.5, 0.6) is 11.5 Å². The molecule has 0 fully saturated rings. The quantitative estimate of drug-likeness (QED) is 0.232. The summed E-state index contributed by atoms with van der Waals surface area (Å²) in [5.74, 6) is 0.882. The molecule has 2 heterocycles. The summed E-state index contributed by atoms with van der Waals surface area (Å²) in [6.07, 6.45) is 5.39. The number of para-hydroxylation sites is 1. The van der Waals surface area contributed by atoms with Crippen LogP contribution in [0.25, 0.3) is 11.3 Å². The number of aromatic nitrogens is 2. The van der Waals surface area contributed by atoms with Crippen LogP contribution in [0.1, 0.15) is 65.8 Å². The number of nitrogens with one attached hydrogen (secondary N) is 1. The topological polar surface area (TPSA) is 78.5 Å². The number of rotatable bonds is 11. The zero-order valence-corrected chi connectivity index (χ0v) is 21.2. The molecule has 1 aromatic heterocycles. The Kier molecular flexibility index (Phi) is 7.54. The predicted molar refractivity (Wildman–Crippen MR) is 145 cm³/mol. The van der Waals surface area contributed by atoms with Gasteiger partial charge in [0.15, 0.2) is 0 Å². The van der Waals surface area contributed by atoms with E-state index in [-0.39, 0.29) is 17.7 Å². The van der Waals surface area contributed by atoms with E-state index in [1.165, 1.54) is 24.8 Å². The molecule has 0 aliphatic carbocycles. The third kappa shape index (κ3) is 5.24. The summed E-state index contributed by atoms with van der Waals surface area (Å²) >= 11 is 0. The van der Waals surface area contributed by atoms with E-state index in [1.807, 2.05) is 59.5 Å². The van der Waals surface area contributed by atoms with E-state index < -0.39 is 0 Å². The third-order valence-electron chi connectivity index (χ3n) is 6.97. The summed E-state index contributed by atoms with van der Waals surface area (Å²) in [6, 6.07) is 25.0. The Labute approximate surface area is 217 Å². The zero-order valence-electron chi connectivity index (χ0n) is 21.2. The van der Waals surface area contributed by atoms with Crippen LogP contribution in [-0.2, 0) is 6.42 Å². The molecule has 3 aromatic carbocycles. The van der Waals surface area contributed by atoms with Crippen molar-refractivity contribution >= 4 is 5.91 Å². The van der Waals surface area contributed by atoms with Crippen molar-refractivity contribution in [3.05, 3.63) is 101 Å². The van der Waals surface area contributed by atoms with Crippen LogP contribution in [0.4, 0.5) is 0 Å². The van der Waals surface area contributed by atoms with Crippen molar-refractivity contribution in [1.82, 2.24) is 15.1 Å². The van der Waals surface area contributed by atoms with Crippen molar-refractivity contribution in [1.29, 1.82) is 0 Å². The highest BCUT2D eigenvalue weighted by atomic mass is 16.5. The zero-order chi connectivity index (χ0) is 25.6. The summed E-state index contributed by atoms with van der Waals surface area (Å²) in [6.45, 7) is 3.46. The number of aromatic amines is 1. The molecule has 6 heteroatoms. The molecule has 190 valence electrons. The van der Waals surface area contributed by atoms with Gasteiger partial charge in [0, 0.05) is 17.7 Å². The lowest BCUT2D eigenvalue weighted by Gasteiger charge is -2.26. The second-order valence-electron chi connectivity index (χ2n) is 9.49. The van der Waals surface area contributed by atoms with Gasteiger partial charge in [-0.05, 0) is 48.2 Å². The number of carbonyl (C=O) groups excluding carboxylic acids is 1. The molecule has 0 saturated carbocycles. The van der Waals surface area contributed by atoms with Gasteiger partial charge in [0.2, 0.25) is 0 Å². The number of benzene rings is 3. The molecule has 2 N–H and O–H groups in total. The molecule has 37 heavy (non-hydrogen) atoms. The number of amides is 1. The maximum atomic E-state index is 13.6. The minimum absolute atomic E-state index is 0.0821. The highest BCUT2D eigenvalue weighted by Gasteiger charge is 2.42. The molecule has 0 bridgehead atoms. The first-order valence-electron chi connectivity index (χ1n) is 13.1. The van der Waals surface area contributed by atoms with Gasteiger partial charge in [-0.3, -0.25) is 9.89 Å². The van der Waals surface area contributed by atoms with Gasteiger partial charge in [0.1, 0.15) is 22.9 Å². The van der Waals surface area contributed by atoms with Crippen LogP contribution in [0.3, 0.4) is 0 Å². The Morgan fingerprint density at radius 2 is 1.70 bits per heavy atom. The first-order valence-corrected chi connectivity index (χ1v) is 13.1. The standard InChI is InChI=1S/C31H33N3O3/c1-2-3-4-10-21-37-24-17-15-23(16-18-24)30-27-28(25-13-8-9-14-26(25)35)32-33-29(27)31(36)34(30)20-19-22-11-6-5-7-12-22/h5-9,11-18,30,35H,2-4,10,19-21H2,1H3,(H,32,33)/t30-/m0/s1. The Hall–Kier alpha value is -4.06. The van der Waals surface area contributed by atoms with E-state index in [4.69, 9.17) is 4.74 Å². The van der Waals surface area contributed by atoms with E-state index in [1.54, 1.807) is 12.1 Å². The SMILES string of the molecule is CCCCCCOc1ccc([C@H]2c3c(-c4ccccc4O)n[nH]c3C(=O)N2CCc2ccccc2)cc1. The van der Waals surface area contributed by atoms with Crippen LogP contribution in [0, 0.1) is 0 Å². The second kappa shape index (κ2) is 11.3. The number of hydrogen-bond acceptors (Lipinski definition) is 4. The number of H-pyrrole nitrogens is 1. The van der Waals surface area contributed by atoms with Crippen LogP contribution < -0.4 is 4.74 Å². The van der Waals surface area contributed by atoms with Crippen molar-refractivity contribution in [2.75, 3.05) is 13.2 Å². The van der Waals surface area contributed by atoms with Crippen molar-refractivity contribution in [2.24, 2.45) is 0 Å². The Bertz CT molecular complexity index is 1330. The first-order chi connectivity index (χ1) is 18.2. The molecule has 0 radical (unpaired) electrons. The lowest BCUT2D eigenvalue weighted by atomic mass is 9.95. The summed E-state index contributed by atoms with van der Waals surface area (Å²) in [7, 11) is 0. The van der Waals surface area contributed by atoms with Gasteiger partial charge >= 0.3 is 0 Å². The lowest BCUT2D eigenvalue weighted by Crippen LogP contribution is -2.31. The summed E-state index contributed by atoms with van der Waals surface area (Å²) in [4.78, 5) is 15.5. The average Bonchev–Trinajstić information content (AvgIpc) is 3.47. The fourth-order valence-corrected chi connectivity index (χ4v) is 5.01. The lowest BCUT2D eigenvalue weighted by molar-refractivity contribution is 0.0746. The van der Waals surface area contributed by atoms with Crippen LogP contribution in [0.2, 0.25) is 0 Å². The molecule has 0 saturated heterocycles. The minimum atomic E-state index is -0.321. The van der Waals surface area contributed by atoms with E-state index in [2.05, 4.69) is 29.3 Å². The number of ether oxygens (including phenoxy) is 1. The van der Waals surface area contributed by atoms with E-state index >= 15 is 0 Å². The fourth-order valence-electron chi connectivity index (χ4n) is 5.01. The van der Waals surface area contributed by atoms with E-state index in [0.29, 0.717) is 30.1 Å². The van der Waals surface area contributed by atoms with Crippen LogP contribution in [-0.4, -0.2) is 39.3 Å². The van der Waals surface area contributed by atoms with Gasteiger partial charge < -0.3 is 14.7 Å². The number of phenols is 1. The van der Waals surface area contributed by atoms with Crippen LogP contribution >= 0.6 is 0 Å². The fraction of sp³-hybridized carbons (Fsp3) is 0.290. The van der Waals surface area contributed by atoms with Crippen molar-refractivity contribution < 1.29 is 14.6 Å². The van der Waals surface area contributed by atoms with E-state index in [0.717, 1.165) is 29.7 Å². The van der Waals surface area contributed by atoms with Gasteiger partial charge in [-0.25, -0.2) is 0 Å². The Balaban J connectivity index is 1.45. The summed E-state index contributed by atoms with van der Waals surface area (Å²) in [5.41, 5.74) is 4.65. The molecule has 0 unspecified atom stereocenters. The molecule has 1 amide bonds. The molecular formula is C31H33N3O3. The molecule has 5 rings (SSSR count). The number of nitrogens with zero attached hydrogens (tertiary/aromatic N) is 2. The summed E-state index contributed by atoms with van der Waals surface area (Å²) in [5, 5.41) is 18.0. The van der Waals surface area contributed by atoms with E-state index in [9.17, 15) is 9.90 Å². The number of aromatic hydroxyl groups is 1. The van der Waals surface area contributed by atoms with Crippen LogP contribution in [0.15, 0.2) is 78.9 Å². The minimum Gasteiger partial charge on any atom is -0.507 e. The summed E-state index contributed by atoms with van der Waals surface area (Å²) < 4.78 is 5.95. The monoisotopic (exact) mass is 495 g/mol. The van der Waals surface area contributed by atoms with Gasteiger partial charge in [-0.1, -0.05) is 80.8 Å². The van der Waals surface area contributed by atoms with Gasteiger partial charge in [-0.2, -0.15) is 5.10 Å². The maximum Gasteiger partial charge on any atom is 0.273 e. The Morgan fingerprint density at radius 3 is 2.46 bits per heavy atom. The number of phenolic OH excluding ortho intramolecular Hbond substituents is 1. The Morgan fingerprint density at radius 1 is 0.946 bits per heavy atom. The average molecular weight is 496 g/mol. The molecular weight excluding hydrogens is 462 g/mol. The van der Waals surface area contributed by atoms with Gasteiger partial charge in [0.25, 0.3) is 5.91 Å². The molecule has 1 aliphatic heterocycles. The molecule has 1 atom stereocenters. The first kappa shape index (κ1) is 24.6. The van der Waals surface area contributed by atoms with Crippen molar-refractivity contribution in [3.8, 4) is 22.8 Å². The number of unbranched alkanes of at least 4 members (excludes halogenated alkanes) is 3. The highest BCUT2D eigenvalue weighted by Crippen LogP contribution is 2.44. The van der Waals surface area contributed by atoms with Gasteiger partial charge in [-0.15, -0.1) is 0 Å². The maximum absolute atomic E-state index is 13.6. The van der Waals surface area contributed by atoms with Crippen molar-refractivity contribution in [3.63, 3.8) is 0 Å². The smallest absolute Gasteiger partial charge is 0.273 e. The second-order valence-corrected chi connectivity index (χ2v) is 9.49. The third-order valence-corrected chi connectivity index (χ3v) is 6.97. The molecule has 6 nitrogen and oxygen atoms in total. The molecule has 0 spiro atoms. The number of hydrogen-bond donors (Lipinski definition) is 2.